The minimum absolute atomic E-state index is 0. The third-order valence-corrected chi connectivity index (χ3v) is 4.54. The van der Waals surface area contributed by atoms with Crippen LogP contribution in [0.2, 0.25) is 0 Å². The maximum absolute atomic E-state index is 11.9. The lowest BCUT2D eigenvalue weighted by atomic mass is 10.2. The molecule has 1 aromatic heterocycles. The van der Waals surface area contributed by atoms with Crippen molar-refractivity contribution in [1.29, 1.82) is 0 Å². The standard InChI is InChI=1S/C20H26N4O2S.HI/c1-3-13-26-17-9-5-4-8-16(17)15-24-20(21-2)23-12-7-11-22-19(25)18-10-6-14-27-18;/h3-6,8-10,14H,1,7,11-13,15H2,2H3,(H,22,25)(H2,21,23,24);1H. The molecular formula is C20H27IN4O2S. The average Bonchev–Trinajstić information content (AvgIpc) is 3.24. The highest BCUT2D eigenvalue weighted by molar-refractivity contribution is 14.0. The average molecular weight is 514 g/mol. The van der Waals surface area contributed by atoms with Gasteiger partial charge in [-0.2, -0.15) is 0 Å². The second-order valence-corrected chi connectivity index (χ2v) is 6.59. The summed E-state index contributed by atoms with van der Waals surface area (Å²) in [6.07, 6.45) is 2.53. The number of carbonyl (C=O) groups is 1. The number of guanidine groups is 1. The molecule has 0 spiro atoms. The summed E-state index contributed by atoms with van der Waals surface area (Å²) in [5, 5.41) is 11.3. The first-order valence-electron chi connectivity index (χ1n) is 8.82. The van der Waals surface area contributed by atoms with Gasteiger partial charge in [0.2, 0.25) is 0 Å². The van der Waals surface area contributed by atoms with Crippen LogP contribution in [0.4, 0.5) is 0 Å². The highest BCUT2D eigenvalue weighted by Gasteiger charge is 2.06. The molecule has 6 nitrogen and oxygen atoms in total. The van der Waals surface area contributed by atoms with Gasteiger partial charge in [0.1, 0.15) is 12.4 Å². The van der Waals surface area contributed by atoms with E-state index in [-0.39, 0.29) is 29.9 Å². The zero-order chi connectivity index (χ0) is 19.3. The Morgan fingerprint density at radius 2 is 1.96 bits per heavy atom. The number of benzene rings is 1. The van der Waals surface area contributed by atoms with Crippen molar-refractivity contribution in [1.82, 2.24) is 16.0 Å². The molecule has 0 saturated carbocycles. The van der Waals surface area contributed by atoms with Crippen LogP contribution in [0, 0.1) is 0 Å². The first-order valence-corrected chi connectivity index (χ1v) is 9.70. The third-order valence-electron chi connectivity index (χ3n) is 3.68. The lowest BCUT2D eigenvalue weighted by Gasteiger charge is -2.14. The monoisotopic (exact) mass is 514 g/mol. The van der Waals surface area contributed by atoms with Crippen molar-refractivity contribution in [3.63, 3.8) is 0 Å². The van der Waals surface area contributed by atoms with Crippen molar-refractivity contribution in [2.24, 2.45) is 4.99 Å². The van der Waals surface area contributed by atoms with Crippen LogP contribution < -0.4 is 20.7 Å². The molecular weight excluding hydrogens is 487 g/mol. The third kappa shape index (κ3) is 8.30. The molecule has 0 aliphatic heterocycles. The fourth-order valence-electron chi connectivity index (χ4n) is 2.33. The molecule has 152 valence electrons. The Bertz CT molecular complexity index is 750. The van der Waals surface area contributed by atoms with E-state index < -0.39 is 0 Å². The molecule has 1 amide bonds. The van der Waals surface area contributed by atoms with Crippen molar-refractivity contribution >= 4 is 47.2 Å². The van der Waals surface area contributed by atoms with Crippen molar-refractivity contribution in [3.05, 3.63) is 64.9 Å². The number of hydrogen-bond donors (Lipinski definition) is 3. The van der Waals surface area contributed by atoms with Gasteiger partial charge in [-0.25, -0.2) is 0 Å². The van der Waals surface area contributed by atoms with Gasteiger partial charge in [-0.05, 0) is 23.9 Å². The zero-order valence-electron chi connectivity index (χ0n) is 15.9. The van der Waals surface area contributed by atoms with Gasteiger partial charge >= 0.3 is 0 Å². The van der Waals surface area contributed by atoms with Gasteiger partial charge in [0.05, 0.1) is 4.88 Å². The Kier molecular flexibility index (Phi) is 12.0. The fourth-order valence-corrected chi connectivity index (χ4v) is 2.97. The molecule has 0 unspecified atom stereocenters. The molecule has 3 N–H and O–H groups in total. The maximum atomic E-state index is 11.9. The van der Waals surface area contributed by atoms with E-state index in [1.165, 1.54) is 11.3 Å². The number of para-hydroxylation sites is 1. The van der Waals surface area contributed by atoms with E-state index in [0.717, 1.165) is 22.6 Å². The van der Waals surface area contributed by atoms with Crippen molar-refractivity contribution < 1.29 is 9.53 Å². The fraction of sp³-hybridized carbons (Fsp3) is 0.300. The molecule has 0 aliphatic carbocycles. The van der Waals surface area contributed by atoms with E-state index in [4.69, 9.17) is 4.74 Å². The van der Waals surface area contributed by atoms with Gasteiger partial charge in [-0.3, -0.25) is 9.79 Å². The second kappa shape index (κ2) is 14.0. The minimum atomic E-state index is -0.0244. The quantitative estimate of drug-likeness (QED) is 0.149. The number of thiophene rings is 1. The van der Waals surface area contributed by atoms with Gasteiger partial charge in [-0.1, -0.05) is 36.9 Å². The van der Waals surface area contributed by atoms with Gasteiger partial charge in [0.15, 0.2) is 5.96 Å². The molecule has 0 atom stereocenters. The number of carbonyl (C=O) groups excluding carboxylic acids is 1. The first-order chi connectivity index (χ1) is 13.2. The highest BCUT2D eigenvalue weighted by atomic mass is 127. The largest absolute Gasteiger partial charge is 0.489 e. The Hall–Kier alpha value is -2.07. The van der Waals surface area contributed by atoms with E-state index in [2.05, 4.69) is 27.5 Å². The van der Waals surface area contributed by atoms with Crippen LogP contribution in [0.25, 0.3) is 0 Å². The molecule has 0 bridgehead atoms. The number of aliphatic imine (C=N–C) groups is 1. The van der Waals surface area contributed by atoms with Gasteiger partial charge in [0, 0.05) is 32.2 Å². The molecule has 2 rings (SSSR count). The Morgan fingerprint density at radius 3 is 2.68 bits per heavy atom. The van der Waals surface area contributed by atoms with Crippen molar-refractivity contribution in [2.75, 3.05) is 26.7 Å². The number of amides is 1. The summed E-state index contributed by atoms with van der Waals surface area (Å²) in [5.41, 5.74) is 1.05. The normalized spacial score (nSPS) is 10.5. The Morgan fingerprint density at radius 1 is 1.18 bits per heavy atom. The van der Waals surface area contributed by atoms with Gasteiger partial charge in [-0.15, -0.1) is 35.3 Å². The second-order valence-electron chi connectivity index (χ2n) is 5.65. The highest BCUT2D eigenvalue weighted by Crippen LogP contribution is 2.17. The molecule has 1 heterocycles. The molecule has 8 heteroatoms. The number of nitrogens with one attached hydrogen (secondary N) is 3. The smallest absolute Gasteiger partial charge is 0.261 e. The van der Waals surface area contributed by atoms with Crippen LogP contribution in [-0.2, 0) is 6.54 Å². The zero-order valence-corrected chi connectivity index (χ0v) is 19.1. The summed E-state index contributed by atoms with van der Waals surface area (Å²) in [7, 11) is 1.73. The van der Waals surface area contributed by atoms with Crippen LogP contribution in [-0.4, -0.2) is 38.6 Å². The van der Waals surface area contributed by atoms with Crippen molar-refractivity contribution in [3.8, 4) is 5.75 Å². The van der Waals surface area contributed by atoms with E-state index >= 15 is 0 Å². The van der Waals surface area contributed by atoms with Gasteiger partial charge < -0.3 is 20.7 Å². The molecule has 0 fully saturated rings. The number of nitrogens with zero attached hydrogens (tertiary/aromatic N) is 1. The van der Waals surface area contributed by atoms with E-state index in [1.807, 2.05) is 41.8 Å². The predicted molar refractivity (Wildman–Crippen MR) is 127 cm³/mol. The summed E-state index contributed by atoms with van der Waals surface area (Å²) in [6.45, 7) is 6.06. The molecule has 0 aliphatic rings. The summed E-state index contributed by atoms with van der Waals surface area (Å²) in [4.78, 5) is 16.8. The summed E-state index contributed by atoms with van der Waals surface area (Å²) in [5.74, 6) is 1.51. The van der Waals surface area contributed by atoms with Crippen molar-refractivity contribution in [2.45, 2.75) is 13.0 Å². The van der Waals surface area contributed by atoms with E-state index in [9.17, 15) is 4.79 Å². The predicted octanol–water partition coefficient (Wildman–Crippen LogP) is 3.42. The molecule has 0 saturated heterocycles. The van der Waals surface area contributed by atoms with E-state index in [1.54, 1.807) is 13.1 Å². The van der Waals surface area contributed by atoms with Crippen LogP contribution in [0.1, 0.15) is 21.7 Å². The number of ether oxygens (including phenoxy) is 1. The number of hydrogen-bond acceptors (Lipinski definition) is 4. The lowest BCUT2D eigenvalue weighted by molar-refractivity contribution is 0.0957. The first kappa shape index (κ1) is 24.0. The lowest BCUT2D eigenvalue weighted by Crippen LogP contribution is -2.38. The van der Waals surface area contributed by atoms with Crippen LogP contribution in [0.15, 0.2) is 59.4 Å². The maximum Gasteiger partial charge on any atom is 0.261 e. The number of rotatable bonds is 10. The van der Waals surface area contributed by atoms with E-state index in [0.29, 0.717) is 32.2 Å². The SMILES string of the molecule is C=CCOc1ccccc1CNC(=NC)NCCCNC(=O)c1cccs1.I. The Balaban J connectivity index is 0.00000392. The summed E-state index contributed by atoms with van der Waals surface area (Å²) < 4.78 is 5.66. The molecule has 1 aromatic carbocycles. The summed E-state index contributed by atoms with van der Waals surface area (Å²) in [6, 6.07) is 11.6. The van der Waals surface area contributed by atoms with Crippen LogP contribution in [0.3, 0.4) is 0 Å². The molecule has 0 radical (unpaired) electrons. The topological polar surface area (TPSA) is 74.8 Å². The minimum Gasteiger partial charge on any atom is -0.489 e. The molecule has 2 aromatic rings. The summed E-state index contributed by atoms with van der Waals surface area (Å²) >= 11 is 1.44. The Labute approximate surface area is 187 Å². The van der Waals surface area contributed by atoms with Gasteiger partial charge in [0.25, 0.3) is 5.91 Å². The molecule has 28 heavy (non-hydrogen) atoms. The van der Waals surface area contributed by atoms with Crippen LogP contribution >= 0.6 is 35.3 Å². The number of halogens is 1. The van der Waals surface area contributed by atoms with Crippen LogP contribution in [0.5, 0.6) is 5.75 Å².